The number of anilines is 1. The van der Waals surface area contributed by atoms with E-state index in [0.717, 1.165) is 43.3 Å². The summed E-state index contributed by atoms with van der Waals surface area (Å²) in [6.45, 7) is 2.34. The van der Waals surface area contributed by atoms with Crippen LogP contribution in [0.5, 0.6) is 5.75 Å². The Hall–Kier alpha value is -2.54. The second-order valence-electron chi connectivity index (χ2n) is 8.16. The Morgan fingerprint density at radius 3 is 2.33 bits per heavy atom. The molecule has 7 heteroatoms. The maximum absolute atomic E-state index is 12.9. The van der Waals surface area contributed by atoms with Gasteiger partial charge in [0.1, 0.15) is 5.75 Å². The minimum Gasteiger partial charge on any atom is -0.497 e. The summed E-state index contributed by atoms with van der Waals surface area (Å²) in [6.07, 6.45) is 6.62. The summed E-state index contributed by atoms with van der Waals surface area (Å²) < 4.78 is 30.9. The Morgan fingerprint density at radius 1 is 1.07 bits per heavy atom. The highest BCUT2D eigenvalue weighted by atomic mass is 32.2. The molecule has 1 aliphatic rings. The van der Waals surface area contributed by atoms with Crippen molar-refractivity contribution in [3.05, 3.63) is 59.2 Å². The van der Waals surface area contributed by atoms with E-state index < -0.39 is 10.0 Å². The van der Waals surface area contributed by atoms with E-state index in [0.29, 0.717) is 17.8 Å². The van der Waals surface area contributed by atoms with Gasteiger partial charge < -0.3 is 10.1 Å². The highest BCUT2D eigenvalue weighted by molar-refractivity contribution is 7.92. The lowest BCUT2D eigenvalue weighted by molar-refractivity contribution is 0.0936. The minimum absolute atomic E-state index is 0.0985. The van der Waals surface area contributed by atoms with Crippen LogP contribution in [0, 0.1) is 6.92 Å². The van der Waals surface area contributed by atoms with E-state index in [-0.39, 0.29) is 11.3 Å². The highest BCUT2D eigenvalue weighted by Crippen LogP contribution is 2.39. The van der Waals surface area contributed by atoms with Crippen LogP contribution in [0.1, 0.15) is 53.6 Å². The Balaban J connectivity index is 1.78. The number of nitrogens with one attached hydrogen (secondary N) is 2. The van der Waals surface area contributed by atoms with Gasteiger partial charge in [0.2, 0.25) is 10.0 Å². The predicted octanol–water partition coefficient (Wildman–Crippen LogP) is 4.01. The third kappa shape index (κ3) is 5.33. The summed E-state index contributed by atoms with van der Waals surface area (Å²) >= 11 is 0. The second-order valence-corrected chi connectivity index (χ2v) is 9.90. The van der Waals surface area contributed by atoms with Crippen LogP contribution in [0.25, 0.3) is 0 Å². The first-order valence-corrected chi connectivity index (χ1v) is 12.1. The van der Waals surface area contributed by atoms with E-state index in [1.54, 1.807) is 32.2 Å². The lowest BCUT2D eigenvalue weighted by Crippen LogP contribution is -2.42. The third-order valence-electron chi connectivity index (χ3n) is 5.90. The number of methoxy groups -OCH3 is 1. The molecule has 0 saturated heterocycles. The molecule has 1 saturated carbocycles. The first-order valence-electron chi connectivity index (χ1n) is 10.2. The molecule has 162 valence electrons. The summed E-state index contributed by atoms with van der Waals surface area (Å²) in [7, 11) is -1.76. The zero-order chi connectivity index (χ0) is 21.8. The Kier molecular flexibility index (Phi) is 6.71. The molecule has 0 aliphatic heterocycles. The van der Waals surface area contributed by atoms with Gasteiger partial charge in [-0.3, -0.25) is 9.52 Å². The number of hydrogen-bond acceptors (Lipinski definition) is 4. The number of ether oxygens (including phenoxy) is 1. The molecule has 0 radical (unpaired) electrons. The molecule has 3 rings (SSSR count). The number of amides is 1. The van der Waals surface area contributed by atoms with Crippen molar-refractivity contribution >= 4 is 21.6 Å². The molecule has 0 heterocycles. The number of carbonyl (C=O) groups excluding carboxylic acids is 1. The monoisotopic (exact) mass is 430 g/mol. The average molecular weight is 431 g/mol. The maximum atomic E-state index is 12.9. The fraction of sp³-hybridized carbons (Fsp3) is 0.435. The standard InChI is InChI=1S/C23H30N2O4S/c1-17-7-8-18(15-21(17)25-30(3,27)28)22(26)24-16-23(13-5-4-6-14-23)19-9-11-20(29-2)12-10-19/h7-12,15,25H,4-6,13-14,16H2,1-3H3,(H,24,26). The molecule has 0 atom stereocenters. The van der Waals surface area contributed by atoms with Crippen molar-refractivity contribution in [1.29, 1.82) is 0 Å². The summed E-state index contributed by atoms with van der Waals surface area (Å²) in [5, 5.41) is 3.10. The smallest absolute Gasteiger partial charge is 0.251 e. The number of carbonyl (C=O) groups is 1. The first kappa shape index (κ1) is 22.2. The summed E-state index contributed by atoms with van der Waals surface area (Å²) in [6, 6.07) is 13.2. The molecule has 0 bridgehead atoms. The van der Waals surface area contributed by atoms with Crippen molar-refractivity contribution in [3.8, 4) is 5.75 Å². The number of rotatable bonds is 7. The summed E-state index contributed by atoms with van der Waals surface area (Å²) in [5.41, 5.74) is 2.74. The fourth-order valence-electron chi connectivity index (χ4n) is 4.17. The van der Waals surface area contributed by atoms with E-state index >= 15 is 0 Å². The highest BCUT2D eigenvalue weighted by Gasteiger charge is 2.34. The van der Waals surface area contributed by atoms with Crippen LogP contribution in [0.3, 0.4) is 0 Å². The van der Waals surface area contributed by atoms with E-state index in [9.17, 15) is 13.2 Å². The van der Waals surface area contributed by atoms with Gasteiger partial charge in [-0.1, -0.05) is 37.5 Å². The van der Waals surface area contributed by atoms with Crippen LogP contribution in [0.2, 0.25) is 0 Å². The van der Waals surface area contributed by atoms with Crippen LogP contribution in [0.4, 0.5) is 5.69 Å². The number of sulfonamides is 1. The molecule has 1 amide bonds. The molecule has 0 aromatic heterocycles. The quantitative estimate of drug-likeness (QED) is 0.695. The van der Waals surface area contributed by atoms with Crippen LogP contribution >= 0.6 is 0 Å². The van der Waals surface area contributed by atoms with Gasteiger partial charge in [-0.2, -0.15) is 0 Å². The van der Waals surface area contributed by atoms with Crippen LogP contribution in [-0.4, -0.2) is 34.2 Å². The lowest BCUT2D eigenvalue weighted by Gasteiger charge is -2.38. The van der Waals surface area contributed by atoms with Crippen molar-refractivity contribution in [1.82, 2.24) is 5.32 Å². The van der Waals surface area contributed by atoms with Crippen molar-refractivity contribution in [2.24, 2.45) is 0 Å². The summed E-state index contributed by atoms with van der Waals surface area (Å²) in [4.78, 5) is 12.9. The molecule has 30 heavy (non-hydrogen) atoms. The normalized spacial score (nSPS) is 16.0. The van der Waals surface area contributed by atoms with Crippen molar-refractivity contribution in [3.63, 3.8) is 0 Å². The Bertz CT molecular complexity index is 994. The van der Waals surface area contributed by atoms with E-state index in [2.05, 4.69) is 22.2 Å². The van der Waals surface area contributed by atoms with Gasteiger partial charge in [-0.05, 0) is 55.2 Å². The van der Waals surface area contributed by atoms with Crippen LogP contribution < -0.4 is 14.8 Å². The zero-order valence-electron chi connectivity index (χ0n) is 17.8. The minimum atomic E-state index is -3.42. The predicted molar refractivity (Wildman–Crippen MR) is 120 cm³/mol. The van der Waals surface area contributed by atoms with E-state index in [4.69, 9.17) is 4.74 Å². The molecule has 1 aliphatic carbocycles. The second kappa shape index (κ2) is 9.08. The zero-order valence-corrected chi connectivity index (χ0v) is 18.6. The average Bonchev–Trinajstić information content (AvgIpc) is 2.73. The molecule has 0 unspecified atom stereocenters. The molecule has 2 N–H and O–H groups in total. The first-order chi connectivity index (χ1) is 14.2. The maximum Gasteiger partial charge on any atom is 0.251 e. The third-order valence-corrected chi connectivity index (χ3v) is 6.49. The Labute approximate surface area is 179 Å². The largest absolute Gasteiger partial charge is 0.497 e. The topological polar surface area (TPSA) is 84.5 Å². The Morgan fingerprint density at radius 2 is 1.73 bits per heavy atom. The number of benzene rings is 2. The van der Waals surface area contributed by atoms with Crippen molar-refractivity contribution < 1.29 is 17.9 Å². The van der Waals surface area contributed by atoms with Gasteiger partial charge >= 0.3 is 0 Å². The van der Waals surface area contributed by atoms with Gasteiger partial charge in [0.25, 0.3) is 5.91 Å². The molecule has 6 nitrogen and oxygen atoms in total. The molecule has 0 spiro atoms. The fourth-order valence-corrected chi connectivity index (χ4v) is 4.78. The van der Waals surface area contributed by atoms with E-state index in [1.807, 2.05) is 12.1 Å². The van der Waals surface area contributed by atoms with Crippen LogP contribution in [-0.2, 0) is 15.4 Å². The molecule has 2 aromatic rings. The lowest BCUT2D eigenvalue weighted by atomic mass is 9.69. The number of hydrogen-bond donors (Lipinski definition) is 2. The molecular formula is C23H30N2O4S. The van der Waals surface area contributed by atoms with Gasteiger partial charge in [0.05, 0.1) is 19.1 Å². The van der Waals surface area contributed by atoms with Crippen LogP contribution in [0.15, 0.2) is 42.5 Å². The summed E-state index contributed by atoms with van der Waals surface area (Å²) in [5.74, 6) is 0.615. The molecular weight excluding hydrogens is 400 g/mol. The van der Waals surface area contributed by atoms with Gasteiger partial charge in [-0.25, -0.2) is 8.42 Å². The SMILES string of the molecule is COc1ccc(C2(CNC(=O)c3ccc(C)c(NS(C)(=O)=O)c3)CCCCC2)cc1. The van der Waals surface area contributed by atoms with Crippen molar-refractivity contribution in [2.75, 3.05) is 24.6 Å². The number of aryl methyl sites for hydroxylation is 1. The van der Waals surface area contributed by atoms with Gasteiger partial charge in [0, 0.05) is 17.5 Å². The van der Waals surface area contributed by atoms with Gasteiger partial charge in [0.15, 0.2) is 0 Å². The van der Waals surface area contributed by atoms with Gasteiger partial charge in [-0.15, -0.1) is 0 Å². The molecule has 1 fully saturated rings. The van der Waals surface area contributed by atoms with E-state index in [1.165, 1.54) is 12.0 Å². The molecule has 2 aromatic carbocycles. The van der Waals surface area contributed by atoms with Crippen molar-refractivity contribution in [2.45, 2.75) is 44.4 Å².